The van der Waals surface area contributed by atoms with Crippen LogP contribution in [-0.2, 0) is 58.0 Å². The molecule has 0 aliphatic rings. The lowest BCUT2D eigenvalue weighted by Gasteiger charge is -2.02. The molecular formula is C87H69BrN6O14S. The highest BCUT2D eigenvalue weighted by molar-refractivity contribution is 9.10. The smallest absolute Gasteiger partial charge is 0.291 e. The Balaban J connectivity index is 0.000000213. The maximum Gasteiger partial charge on any atom is 0.291 e. The van der Waals surface area contributed by atoms with Crippen molar-refractivity contribution < 1.29 is 66.6 Å². The highest BCUT2D eigenvalue weighted by Crippen LogP contribution is 2.24. The molecule has 5 amide bonds. The van der Waals surface area contributed by atoms with Crippen molar-refractivity contribution in [3.63, 3.8) is 0 Å². The van der Waals surface area contributed by atoms with E-state index in [1.54, 1.807) is 176 Å². The maximum atomic E-state index is 11.3. The number of anilines is 5. The van der Waals surface area contributed by atoms with E-state index in [0.717, 1.165) is 44.5 Å². The number of sulfonamides is 1. The summed E-state index contributed by atoms with van der Waals surface area (Å²) in [4.78, 5) is 111. The zero-order chi connectivity index (χ0) is 79.6. The van der Waals surface area contributed by atoms with E-state index in [0.29, 0.717) is 44.0 Å². The van der Waals surface area contributed by atoms with Crippen LogP contribution in [0.15, 0.2) is 246 Å². The second-order valence-corrected chi connectivity index (χ2v) is 25.6. The Morgan fingerprint density at radius 3 is 0.780 bits per heavy atom. The van der Waals surface area contributed by atoms with Gasteiger partial charge < -0.3 is 36.8 Å². The van der Waals surface area contributed by atoms with Gasteiger partial charge in [-0.25, -0.2) is 13.6 Å². The standard InChI is InChI=1S/2C18H15NO2.C17H12BrNO3.C17H14N2O4S.C17H13NO3/c1-13-3-5-15(6-4-13)7-8-16-9-11-17(12-10-16)19-18(21)14(2)20;1-13-4-3-5-16(12-13)7-6-15-8-10-17(11-9-15)19-18(21)14(2)20;1-11(20)17(22)19-14-7-4-12(5-8-14)2-3-13-6-9-16(21)15(18)10-13;1-12(20)17(21)19-15-8-4-13(5-9-15)2-3-14-6-10-16(11-7-14)24(18,22)23;1-12(19)17(21)18-15-8-4-13(5-9-15)2-3-14-6-10-16(20)11-7-14/h3-6,9-12H,1-2H3,(H,19,21);3-5,8-12H,1-2H3,(H,19,21);4-10,21H,1H3,(H,19,22);4-11H,1H3,(H,19,21)(H2,18,22,23);4-11,20H,1H3,(H,18,21). The third-order valence-electron chi connectivity index (χ3n) is 14.1. The molecule has 22 heteroatoms. The second kappa shape index (κ2) is 41.8. The molecule has 0 atom stereocenters. The molecule has 0 spiro atoms. The van der Waals surface area contributed by atoms with E-state index < -0.39 is 68.5 Å². The van der Waals surface area contributed by atoms with E-state index in [4.69, 9.17) is 5.14 Å². The minimum Gasteiger partial charge on any atom is -0.508 e. The van der Waals surface area contributed by atoms with Crippen LogP contribution in [0, 0.1) is 73.1 Å². The van der Waals surface area contributed by atoms with Crippen molar-refractivity contribution in [3.8, 4) is 70.7 Å². The Kier molecular flexibility index (Phi) is 32.1. The molecule has 0 aliphatic heterocycles. The first-order valence-corrected chi connectivity index (χ1v) is 34.9. The van der Waals surface area contributed by atoms with Crippen LogP contribution in [0.1, 0.15) is 101 Å². The number of primary sulfonamides is 1. The molecule has 9 N–H and O–H groups in total. The van der Waals surface area contributed by atoms with Crippen LogP contribution in [0.2, 0.25) is 0 Å². The molecule has 0 aliphatic carbocycles. The number of carbonyl (C=O) groups is 10. The van der Waals surface area contributed by atoms with Crippen molar-refractivity contribution in [3.05, 3.63) is 308 Å². The number of carbonyl (C=O) groups excluding carboxylic acids is 10. The van der Waals surface area contributed by atoms with Gasteiger partial charge in [0, 0.05) is 119 Å². The number of nitrogens with two attached hydrogens (primary N) is 1. The van der Waals surface area contributed by atoms with Crippen LogP contribution in [0.5, 0.6) is 11.5 Å². The van der Waals surface area contributed by atoms with Crippen molar-refractivity contribution >= 4 is 113 Å². The molecule has 0 radical (unpaired) electrons. The summed E-state index contributed by atoms with van der Waals surface area (Å²) in [6, 6.07) is 68.0. The molecule has 109 heavy (non-hydrogen) atoms. The van der Waals surface area contributed by atoms with Crippen molar-refractivity contribution in [2.24, 2.45) is 5.14 Å². The highest BCUT2D eigenvalue weighted by Gasteiger charge is 2.12. The number of aromatic hydroxyl groups is 2. The fourth-order valence-electron chi connectivity index (χ4n) is 8.22. The Hall–Kier alpha value is -14.3. The SMILES string of the molecule is CC(=O)C(=O)Nc1ccc(C#Cc2ccc(C)cc2)cc1.CC(=O)C(=O)Nc1ccc(C#Cc2ccc(O)c(Br)c2)cc1.CC(=O)C(=O)Nc1ccc(C#Cc2ccc(O)cc2)cc1.CC(=O)C(=O)Nc1ccc(C#Cc2ccc(S(N)(=O)=O)cc2)cc1.CC(=O)C(=O)Nc1ccc(C#Cc2cccc(C)c2)cc1. The number of rotatable bonds is 11. The second-order valence-electron chi connectivity index (χ2n) is 23.2. The van der Waals surface area contributed by atoms with Gasteiger partial charge >= 0.3 is 0 Å². The van der Waals surface area contributed by atoms with Gasteiger partial charge in [0.2, 0.25) is 38.9 Å². The van der Waals surface area contributed by atoms with Gasteiger partial charge in [-0.15, -0.1) is 0 Å². The molecule has 10 rings (SSSR count). The lowest BCUT2D eigenvalue weighted by molar-refractivity contribution is -0.133. The van der Waals surface area contributed by atoms with E-state index in [9.17, 15) is 66.6 Å². The summed E-state index contributed by atoms with van der Waals surface area (Å²) in [6.07, 6.45) is 0. The summed E-state index contributed by atoms with van der Waals surface area (Å²) >= 11 is 3.23. The van der Waals surface area contributed by atoms with Gasteiger partial charge in [-0.05, 0) is 248 Å². The Morgan fingerprint density at radius 1 is 0.303 bits per heavy atom. The van der Waals surface area contributed by atoms with Crippen LogP contribution >= 0.6 is 15.9 Å². The number of halogens is 1. The molecule has 10 aromatic carbocycles. The van der Waals surface area contributed by atoms with Gasteiger partial charge in [-0.3, -0.25) is 47.9 Å². The van der Waals surface area contributed by atoms with E-state index in [2.05, 4.69) is 102 Å². The van der Waals surface area contributed by atoms with Gasteiger partial charge in [-0.1, -0.05) is 89.0 Å². The fraction of sp³-hybridized carbons (Fsp3) is 0.0805. The van der Waals surface area contributed by atoms with Crippen molar-refractivity contribution in [2.45, 2.75) is 53.4 Å². The average Bonchev–Trinajstić information content (AvgIpc) is 0.866. The molecule has 544 valence electrons. The number of aryl methyl sites for hydroxylation is 2. The summed E-state index contributed by atoms with van der Waals surface area (Å²) < 4.78 is 22.9. The fourth-order valence-corrected chi connectivity index (χ4v) is 9.11. The summed E-state index contributed by atoms with van der Waals surface area (Å²) in [5.74, 6) is 24.5. The molecule has 0 saturated carbocycles. The molecule has 20 nitrogen and oxygen atoms in total. The number of hydrogen-bond donors (Lipinski definition) is 8. The minimum absolute atomic E-state index is 0.0265. The third kappa shape index (κ3) is 30.9. The summed E-state index contributed by atoms with van der Waals surface area (Å²) in [5, 5.41) is 36.1. The largest absolute Gasteiger partial charge is 0.508 e. The summed E-state index contributed by atoms with van der Waals surface area (Å²) in [7, 11) is -3.71. The molecule has 0 heterocycles. The zero-order valence-corrected chi connectivity index (χ0v) is 62.1. The van der Waals surface area contributed by atoms with E-state index >= 15 is 0 Å². The van der Waals surface area contributed by atoms with Crippen molar-refractivity contribution in [2.75, 3.05) is 26.6 Å². The molecular weight excluding hydrogens is 1460 g/mol. The number of benzene rings is 10. The number of Topliss-reactive ketones (excluding diaryl/α,β-unsaturated/α-hetero) is 5. The number of ketones is 5. The monoisotopic (exact) mass is 1530 g/mol. The van der Waals surface area contributed by atoms with Crippen molar-refractivity contribution in [1.82, 2.24) is 0 Å². The lowest BCUT2D eigenvalue weighted by Crippen LogP contribution is -2.19. The molecule has 10 aromatic rings. The van der Waals surface area contributed by atoms with Crippen LogP contribution in [0.4, 0.5) is 28.4 Å². The first kappa shape index (κ1) is 83.6. The van der Waals surface area contributed by atoms with E-state index in [1.807, 2.05) is 62.4 Å². The van der Waals surface area contributed by atoms with Gasteiger partial charge in [0.05, 0.1) is 9.37 Å². The number of phenols is 2. The zero-order valence-electron chi connectivity index (χ0n) is 59.7. The molecule has 0 unspecified atom stereocenters. The number of phenolic OH excluding ortho intramolecular Hbond substituents is 2. The topological polar surface area (TPSA) is 331 Å². The van der Waals surface area contributed by atoms with Crippen LogP contribution < -0.4 is 31.7 Å². The van der Waals surface area contributed by atoms with Crippen LogP contribution in [0.25, 0.3) is 0 Å². The Morgan fingerprint density at radius 2 is 0.532 bits per heavy atom. The average molecular weight is 1530 g/mol. The molecule has 0 fully saturated rings. The van der Waals surface area contributed by atoms with Gasteiger partial charge in [0.1, 0.15) is 11.5 Å². The maximum absolute atomic E-state index is 11.3. The third-order valence-corrected chi connectivity index (χ3v) is 15.7. The van der Waals surface area contributed by atoms with E-state index in [1.165, 1.54) is 57.9 Å². The quantitative estimate of drug-likeness (QED) is 0.0441. The molecule has 0 aromatic heterocycles. The molecule has 0 bridgehead atoms. The first-order chi connectivity index (χ1) is 51.8. The van der Waals surface area contributed by atoms with Crippen LogP contribution in [0.3, 0.4) is 0 Å². The predicted octanol–water partition coefficient (Wildman–Crippen LogP) is 12.5. The highest BCUT2D eigenvalue weighted by atomic mass is 79.9. The van der Waals surface area contributed by atoms with Gasteiger partial charge in [-0.2, -0.15) is 0 Å². The predicted molar refractivity (Wildman–Crippen MR) is 423 cm³/mol. The number of nitrogens with one attached hydrogen (secondary N) is 5. The Labute approximate surface area is 639 Å². The minimum atomic E-state index is -3.71. The van der Waals surface area contributed by atoms with Gasteiger partial charge in [0.15, 0.2) is 0 Å². The normalized spacial score (nSPS) is 9.66. The van der Waals surface area contributed by atoms with Crippen molar-refractivity contribution in [1.29, 1.82) is 0 Å². The summed E-state index contributed by atoms with van der Waals surface area (Å²) in [6.45, 7) is 10.1. The van der Waals surface area contributed by atoms with E-state index in [-0.39, 0.29) is 16.4 Å². The lowest BCUT2D eigenvalue weighted by atomic mass is 10.1. The first-order valence-electron chi connectivity index (χ1n) is 32.6. The number of amides is 5. The molecule has 0 saturated heterocycles. The van der Waals surface area contributed by atoms with Crippen LogP contribution in [-0.4, -0.2) is 77.1 Å². The van der Waals surface area contributed by atoms with Gasteiger partial charge in [0.25, 0.3) is 29.5 Å². The Bertz CT molecular complexity index is 5370. The summed E-state index contributed by atoms with van der Waals surface area (Å²) in [5.41, 5.74) is 13.2. The number of hydrogen-bond acceptors (Lipinski definition) is 14.